The van der Waals surface area contributed by atoms with Crippen molar-refractivity contribution in [1.29, 1.82) is 0 Å². The van der Waals surface area contributed by atoms with Gasteiger partial charge in [0, 0.05) is 12.0 Å². The van der Waals surface area contributed by atoms with Crippen LogP contribution in [0.1, 0.15) is 16.8 Å². The molecule has 0 unspecified atom stereocenters. The number of nitrogens with one attached hydrogen (secondary N) is 2. The molecular weight excluding hydrogens is 357 g/mol. The maximum absolute atomic E-state index is 13.0. The van der Waals surface area contributed by atoms with E-state index < -0.39 is 21.4 Å². The van der Waals surface area contributed by atoms with Crippen molar-refractivity contribution in [3.63, 3.8) is 0 Å². The van der Waals surface area contributed by atoms with Crippen LogP contribution >= 0.6 is 0 Å². The largest absolute Gasteiger partial charge is 0.292 e. The molecule has 26 heavy (non-hydrogen) atoms. The summed E-state index contributed by atoms with van der Waals surface area (Å²) in [6.45, 7) is 1.64. The van der Waals surface area contributed by atoms with Gasteiger partial charge in [0.05, 0.1) is 10.6 Å². The van der Waals surface area contributed by atoms with Crippen molar-refractivity contribution >= 4 is 16.0 Å². The van der Waals surface area contributed by atoms with E-state index in [1.165, 1.54) is 0 Å². The molecule has 0 atom stereocenters. The Hall–Kier alpha value is -3.00. The summed E-state index contributed by atoms with van der Waals surface area (Å²) < 4.78 is 39.8. The third kappa shape index (κ3) is 3.97. The molecule has 0 bridgehead atoms. The third-order valence-electron chi connectivity index (χ3n) is 3.80. The van der Waals surface area contributed by atoms with Gasteiger partial charge in [-0.05, 0) is 36.8 Å². The van der Waals surface area contributed by atoms with Crippen LogP contribution in [0.4, 0.5) is 10.3 Å². The first kappa shape index (κ1) is 17.8. The molecule has 2 aromatic carbocycles. The molecule has 1 aromatic heterocycles. The van der Waals surface area contributed by atoms with Crippen molar-refractivity contribution in [3.05, 3.63) is 87.6 Å². The Morgan fingerprint density at radius 1 is 1.08 bits per heavy atom. The normalized spacial score (nSPS) is 11.3. The second kappa shape index (κ2) is 7.09. The Labute approximate surface area is 149 Å². The number of nitrogens with zero attached hydrogens (tertiary/aromatic N) is 1. The van der Waals surface area contributed by atoms with Crippen LogP contribution in [0, 0.1) is 12.7 Å². The minimum Gasteiger partial charge on any atom is -0.292 e. The molecule has 0 aliphatic heterocycles. The van der Waals surface area contributed by atoms with Crippen molar-refractivity contribution in [2.45, 2.75) is 18.2 Å². The number of hydrogen-bond donors (Lipinski definition) is 2. The van der Waals surface area contributed by atoms with E-state index in [0.29, 0.717) is 17.7 Å². The summed E-state index contributed by atoms with van der Waals surface area (Å²) in [5, 5.41) is 0. The van der Waals surface area contributed by atoms with Gasteiger partial charge in [-0.2, -0.15) is 0 Å². The van der Waals surface area contributed by atoms with Crippen LogP contribution in [0.15, 0.2) is 64.3 Å². The van der Waals surface area contributed by atoms with E-state index >= 15 is 0 Å². The number of halogens is 1. The molecule has 1 heterocycles. The molecule has 3 aromatic rings. The molecule has 0 aliphatic carbocycles. The van der Waals surface area contributed by atoms with Gasteiger partial charge in [0.15, 0.2) is 0 Å². The first-order valence-electron chi connectivity index (χ1n) is 7.77. The molecule has 0 saturated heterocycles. The first-order chi connectivity index (χ1) is 12.3. The highest BCUT2D eigenvalue weighted by Gasteiger charge is 2.17. The average Bonchev–Trinajstić information content (AvgIpc) is 2.59. The Morgan fingerprint density at radius 3 is 2.35 bits per heavy atom. The molecule has 2 N–H and O–H groups in total. The van der Waals surface area contributed by atoms with Gasteiger partial charge in [0.25, 0.3) is 15.6 Å². The lowest BCUT2D eigenvalue weighted by atomic mass is 10.1. The van der Waals surface area contributed by atoms with Crippen molar-refractivity contribution < 1.29 is 12.8 Å². The van der Waals surface area contributed by atoms with Crippen LogP contribution in [-0.2, 0) is 16.4 Å². The summed E-state index contributed by atoms with van der Waals surface area (Å²) in [6.07, 6.45) is 0.389. The van der Waals surface area contributed by atoms with Gasteiger partial charge in [-0.15, -0.1) is 0 Å². The number of sulfonamides is 1. The summed E-state index contributed by atoms with van der Waals surface area (Å²) in [4.78, 5) is 18.8. The van der Waals surface area contributed by atoms with Crippen LogP contribution in [0.3, 0.4) is 0 Å². The number of aromatic amines is 1. The lowest BCUT2D eigenvalue weighted by Gasteiger charge is -2.10. The van der Waals surface area contributed by atoms with Crippen molar-refractivity contribution in [1.82, 2.24) is 9.97 Å². The molecule has 3 rings (SSSR count). The SMILES string of the molecule is Cc1nc(NS(=O)(=O)c2ccc(F)cc2)[nH]c(=O)c1Cc1ccccc1. The van der Waals surface area contributed by atoms with Crippen LogP contribution in [-0.4, -0.2) is 18.4 Å². The summed E-state index contributed by atoms with van der Waals surface area (Å²) >= 11 is 0. The van der Waals surface area contributed by atoms with E-state index in [1.807, 2.05) is 30.3 Å². The van der Waals surface area contributed by atoms with Gasteiger partial charge in [-0.1, -0.05) is 30.3 Å². The molecule has 0 amide bonds. The van der Waals surface area contributed by atoms with Gasteiger partial charge in [-0.3, -0.25) is 9.78 Å². The van der Waals surface area contributed by atoms with Crippen LogP contribution in [0.25, 0.3) is 0 Å². The second-order valence-electron chi connectivity index (χ2n) is 5.70. The van der Waals surface area contributed by atoms with Gasteiger partial charge >= 0.3 is 0 Å². The van der Waals surface area contributed by atoms with E-state index in [-0.39, 0.29) is 10.8 Å². The molecule has 0 aliphatic rings. The maximum Gasteiger partial charge on any atom is 0.264 e. The highest BCUT2D eigenvalue weighted by Crippen LogP contribution is 2.15. The summed E-state index contributed by atoms with van der Waals surface area (Å²) in [5.74, 6) is -0.731. The lowest BCUT2D eigenvalue weighted by molar-refractivity contribution is 0.599. The van der Waals surface area contributed by atoms with Crippen molar-refractivity contribution in [2.24, 2.45) is 0 Å². The van der Waals surface area contributed by atoms with Gasteiger partial charge in [-0.25, -0.2) is 22.5 Å². The first-order valence-corrected chi connectivity index (χ1v) is 9.25. The number of aromatic nitrogens is 2. The van der Waals surface area contributed by atoms with Crippen molar-refractivity contribution in [3.8, 4) is 0 Å². The molecule has 0 radical (unpaired) electrons. The van der Waals surface area contributed by atoms with Gasteiger partial charge in [0.1, 0.15) is 5.82 Å². The quantitative estimate of drug-likeness (QED) is 0.719. The van der Waals surface area contributed by atoms with E-state index in [1.54, 1.807) is 6.92 Å². The standard InChI is InChI=1S/C18H16FN3O3S/c1-12-16(11-13-5-3-2-4-6-13)17(23)21-18(20-12)22-26(24,25)15-9-7-14(19)8-10-15/h2-10H,11H2,1H3,(H2,20,21,22,23). The molecule has 0 saturated carbocycles. The number of aryl methyl sites for hydroxylation is 1. The predicted octanol–water partition coefficient (Wildman–Crippen LogP) is 2.61. The average molecular weight is 373 g/mol. The van der Waals surface area contributed by atoms with E-state index in [4.69, 9.17) is 0 Å². The summed E-state index contributed by atoms with van der Waals surface area (Å²) in [5.41, 5.74) is 1.41. The molecule has 0 spiro atoms. The zero-order valence-corrected chi connectivity index (χ0v) is 14.7. The Kier molecular flexibility index (Phi) is 4.85. The fraction of sp³-hybridized carbons (Fsp3) is 0.111. The topological polar surface area (TPSA) is 91.9 Å². The zero-order valence-electron chi connectivity index (χ0n) is 13.9. The minimum atomic E-state index is -3.98. The lowest BCUT2D eigenvalue weighted by Crippen LogP contribution is -2.22. The minimum absolute atomic E-state index is 0.132. The van der Waals surface area contributed by atoms with E-state index in [9.17, 15) is 17.6 Å². The number of benzene rings is 2. The van der Waals surface area contributed by atoms with E-state index in [2.05, 4.69) is 14.7 Å². The third-order valence-corrected chi connectivity index (χ3v) is 5.16. The fourth-order valence-electron chi connectivity index (χ4n) is 2.47. The highest BCUT2D eigenvalue weighted by atomic mass is 32.2. The smallest absolute Gasteiger partial charge is 0.264 e. The van der Waals surface area contributed by atoms with Crippen LogP contribution in [0.5, 0.6) is 0 Å². The molecule has 6 nitrogen and oxygen atoms in total. The van der Waals surface area contributed by atoms with Gasteiger partial charge in [0.2, 0.25) is 5.95 Å². The Balaban J connectivity index is 1.88. The number of rotatable bonds is 5. The summed E-state index contributed by atoms with van der Waals surface area (Å²) in [7, 11) is -3.98. The highest BCUT2D eigenvalue weighted by molar-refractivity contribution is 7.92. The number of hydrogen-bond acceptors (Lipinski definition) is 4. The monoisotopic (exact) mass is 373 g/mol. The predicted molar refractivity (Wildman–Crippen MR) is 96.1 cm³/mol. The summed E-state index contributed by atoms with van der Waals surface area (Å²) in [6, 6.07) is 13.8. The van der Waals surface area contributed by atoms with Crippen LogP contribution in [0.2, 0.25) is 0 Å². The number of anilines is 1. The second-order valence-corrected chi connectivity index (χ2v) is 7.38. The van der Waals surface area contributed by atoms with Crippen molar-refractivity contribution in [2.75, 3.05) is 4.72 Å². The molecule has 0 fully saturated rings. The molecule has 134 valence electrons. The maximum atomic E-state index is 13.0. The van der Waals surface area contributed by atoms with Gasteiger partial charge < -0.3 is 0 Å². The van der Waals surface area contributed by atoms with E-state index in [0.717, 1.165) is 29.8 Å². The zero-order chi connectivity index (χ0) is 18.7. The number of H-pyrrole nitrogens is 1. The molecular formula is C18H16FN3O3S. The molecule has 8 heteroatoms. The fourth-order valence-corrected chi connectivity index (χ4v) is 3.43. The van der Waals surface area contributed by atoms with Crippen LogP contribution < -0.4 is 10.3 Å². The Bertz CT molecular complexity index is 1080. The Morgan fingerprint density at radius 2 is 1.73 bits per heavy atom.